The third-order valence-corrected chi connectivity index (χ3v) is 7.62. The van der Waals surface area contributed by atoms with Crippen LogP contribution in [0.3, 0.4) is 0 Å². The number of amides is 2. The zero-order valence-electron chi connectivity index (χ0n) is 18.6. The van der Waals surface area contributed by atoms with E-state index in [-0.39, 0.29) is 22.4 Å². The molecule has 7 nitrogen and oxygen atoms in total. The fourth-order valence-electron chi connectivity index (χ4n) is 4.90. The molecule has 2 amide bonds. The highest BCUT2D eigenvalue weighted by molar-refractivity contribution is 6.43. The topological polar surface area (TPSA) is 90.1 Å². The molecule has 2 aliphatic heterocycles. The van der Waals surface area contributed by atoms with Crippen molar-refractivity contribution in [2.45, 2.75) is 18.3 Å². The third-order valence-electron chi connectivity index (χ3n) is 6.80. The largest absolute Gasteiger partial charge is 0.355 e. The van der Waals surface area contributed by atoms with E-state index in [2.05, 4.69) is 27.2 Å². The number of pyridine rings is 1. The van der Waals surface area contributed by atoms with Crippen LogP contribution in [-0.2, 0) is 10.2 Å². The van der Waals surface area contributed by atoms with Crippen LogP contribution in [0.1, 0.15) is 28.9 Å². The van der Waals surface area contributed by atoms with Gasteiger partial charge in [-0.1, -0.05) is 35.8 Å². The molecular formula is C25H22Cl2FN5O2. The lowest BCUT2D eigenvalue weighted by Gasteiger charge is -2.43. The van der Waals surface area contributed by atoms with E-state index in [0.29, 0.717) is 65.8 Å². The molecule has 2 aromatic heterocycles. The molecule has 3 aromatic rings. The second-order valence-corrected chi connectivity index (χ2v) is 9.48. The number of hydrogen-bond acceptors (Lipinski definition) is 4. The second-order valence-electron chi connectivity index (χ2n) is 8.70. The quantitative estimate of drug-likeness (QED) is 0.425. The van der Waals surface area contributed by atoms with Crippen LogP contribution < -0.4 is 10.6 Å². The molecule has 1 aromatic carbocycles. The molecule has 180 valence electrons. The summed E-state index contributed by atoms with van der Waals surface area (Å²) in [5.74, 6) is -0.941. The van der Waals surface area contributed by atoms with Gasteiger partial charge in [0.2, 0.25) is 5.91 Å². The number of hydrogen-bond donors (Lipinski definition) is 3. The number of anilines is 2. The number of rotatable bonds is 4. The van der Waals surface area contributed by atoms with Gasteiger partial charge in [0.05, 0.1) is 38.9 Å². The Bertz CT molecular complexity index is 1350. The number of aromatic amines is 1. The standard InChI is InChI=1S/C25H22Cl2FN5O2/c1-2-18(34)33-10-7-25(8-11-33)13-30-24(35)19-22(31-17-5-3-4-15(26)20(17)27)21(32-23(19)25)14-6-9-29-12-16(14)28/h2-6,9,12,31-32H,1,7-8,10-11,13H2,(H,30,35). The van der Waals surface area contributed by atoms with Crippen molar-refractivity contribution in [3.8, 4) is 11.3 Å². The molecular weight excluding hydrogens is 492 g/mol. The second kappa shape index (κ2) is 9.02. The number of carbonyl (C=O) groups excluding carboxylic acids is 2. The predicted molar refractivity (Wildman–Crippen MR) is 134 cm³/mol. The van der Waals surface area contributed by atoms with Crippen molar-refractivity contribution in [2.24, 2.45) is 0 Å². The number of likely N-dealkylation sites (tertiary alicyclic amines) is 1. The van der Waals surface area contributed by atoms with Crippen LogP contribution in [0.2, 0.25) is 10.0 Å². The summed E-state index contributed by atoms with van der Waals surface area (Å²) in [6.07, 6.45) is 5.16. The van der Waals surface area contributed by atoms with Crippen molar-refractivity contribution in [2.75, 3.05) is 25.0 Å². The Balaban J connectivity index is 1.66. The summed E-state index contributed by atoms with van der Waals surface area (Å²) in [7, 11) is 0. The highest BCUT2D eigenvalue weighted by Gasteiger charge is 2.46. The van der Waals surface area contributed by atoms with Gasteiger partial charge in [0.1, 0.15) is 0 Å². The molecule has 0 unspecified atom stereocenters. The SMILES string of the molecule is C=CC(=O)N1CCC2(CC1)CNC(=O)c1c2[nH]c(-c2ccncc2F)c1Nc1cccc(Cl)c1Cl. The summed E-state index contributed by atoms with van der Waals surface area (Å²) in [6, 6.07) is 6.67. The van der Waals surface area contributed by atoms with Gasteiger partial charge in [0.15, 0.2) is 5.82 Å². The Kier molecular flexibility index (Phi) is 6.02. The molecule has 0 saturated carbocycles. The van der Waals surface area contributed by atoms with E-state index < -0.39 is 11.2 Å². The van der Waals surface area contributed by atoms with Gasteiger partial charge in [0, 0.05) is 42.5 Å². The van der Waals surface area contributed by atoms with Crippen molar-refractivity contribution in [3.63, 3.8) is 0 Å². The fourth-order valence-corrected chi connectivity index (χ4v) is 5.25. The maximum absolute atomic E-state index is 14.9. The minimum Gasteiger partial charge on any atom is -0.355 e. The third kappa shape index (κ3) is 3.96. The van der Waals surface area contributed by atoms with Crippen molar-refractivity contribution in [1.82, 2.24) is 20.2 Å². The average Bonchev–Trinajstić information content (AvgIpc) is 3.25. The van der Waals surface area contributed by atoms with Gasteiger partial charge in [-0.25, -0.2) is 4.39 Å². The van der Waals surface area contributed by atoms with Crippen LogP contribution in [0.15, 0.2) is 49.3 Å². The maximum Gasteiger partial charge on any atom is 0.255 e. The minimum absolute atomic E-state index is 0.121. The number of nitrogens with one attached hydrogen (secondary N) is 3. The van der Waals surface area contributed by atoms with Gasteiger partial charge in [0.25, 0.3) is 5.91 Å². The average molecular weight is 514 g/mol. The van der Waals surface area contributed by atoms with E-state index >= 15 is 0 Å². The monoisotopic (exact) mass is 513 g/mol. The first-order chi connectivity index (χ1) is 16.8. The summed E-state index contributed by atoms with van der Waals surface area (Å²) in [4.78, 5) is 34.3. The van der Waals surface area contributed by atoms with Crippen LogP contribution in [-0.4, -0.2) is 46.3 Å². The van der Waals surface area contributed by atoms with Crippen molar-refractivity contribution in [1.29, 1.82) is 0 Å². The molecule has 4 heterocycles. The van der Waals surface area contributed by atoms with E-state index in [1.807, 2.05) is 0 Å². The van der Waals surface area contributed by atoms with Crippen LogP contribution in [0.5, 0.6) is 0 Å². The molecule has 0 bridgehead atoms. The number of benzene rings is 1. The van der Waals surface area contributed by atoms with Crippen LogP contribution >= 0.6 is 23.2 Å². The van der Waals surface area contributed by atoms with Crippen LogP contribution in [0, 0.1) is 5.82 Å². The molecule has 1 saturated heterocycles. The number of piperidine rings is 1. The van der Waals surface area contributed by atoms with Gasteiger partial charge in [-0.05, 0) is 37.1 Å². The number of carbonyl (C=O) groups is 2. The van der Waals surface area contributed by atoms with Gasteiger partial charge in [-0.2, -0.15) is 0 Å². The molecule has 0 atom stereocenters. The van der Waals surface area contributed by atoms with E-state index in [1.165, 1.54) is 12.3 Å². The Morgan fingerprint density at radius 1 is 1.26 bits per heavy atom. The lowest BCUT2D eigenvalue weighted by Crippen LogP contribution is -2.53. The normalized spacial score (nSPS) is 16.5. The Labute approximate surface area is 211 Å². The molecule has 1 spiro atoms. The Morgan fingerprint density at radius 2 is 2.03 bits per heavy atom. The zero-order valence-corrected chi connectivity index (χ0v) is 20.1. The molecule has 35 heavy (non-hydrogen) atoms. The number of nitrogens with zero attached hydrogens (tertiary/aromatic N) is 2. The highest BCUT2D eigenvalue weighted by atomic mass is 35.5. The first-order valence-electron chi connectivity index (χ1n) is 11.1. The lowest BCUT2D eigenvalue weighted by atomic mass is 9.72. The minimum atomic E-state index is -0.535. The summed E-state index contributed by atoms with van der Waals surface area (Å²) < 4.78 is 14.9. The van der Waals surface area contributed by atoms with Gasteiger partial charge in [-0.3, -0.25) is 14.6 Å². The molecule has 5 rings (SSSR count). The summed E-state index contributed by atoms with van der Waals surface area (Å²) in [6.45, 7) is 5.01. The van der Waals surface area contributed by atoms with Crippen molar-refractivity contribution < 1.29 is 14.0 Å². The molecule has 3 N–H and O–H groups in total. The first kappa shape index (κ1) is 23.4. The first-order valence-corrected chi connectivity index (χ1v) is 11.9. The highest BCUT2D eigenvalue weighted by Crippen LogP contribution is 2.46. The van der Waals surface area contributed by atoms with Crippen molar-refractivity contribution in [3.05, 3.63) is 76.4 Å². The smallest absolute Gasteiger partial charge is 0.255 e. The number of fused-ring (bicyclic) bond motifs is 2. The van der Waals surface area contributed by atoms with E-state index in [4.69, 9.17) is 23.2 Å². The van der Waals surface area contributed by atoms with Gasteiger partial charge in [-0.15, -0.1) is 0 Å². The summed E-state index contributed by atoms with van der Waals surface area (Å²) >= 11 is 12.6. The van der Waals surface area contributed by atoms with Crippen LogP contribution in [0.25, 0.3) is 11.3 Å². The molecule has 10 heteroatoms. The van der Waals surface area contributed by atoms with E-state index in [0.717, 1.165) is 6.20 Å². The molecule has 0 aliphatic carbocycles. The lowest BCUT2D eigenvalue weighted by molar-refractivity contribution is -0.127. The van der Waals surface area contributed by atoms with Gasteiger partial charge < -0.3 is 20.5 Å². The number of H-pyrrole nitrogens is 1. The zero-order chi connectivity index (χ0) is 24.7. The maximum atomic E-state index is 14.9. The molecule has 2 aliphatic rings. The Hall–Kier alpha value is -3.36. The number of aromatic nitrogens is 2. The van der Waals surface area contributed by atoms with Gasteiger partial charge >= 0.3 is 0 Å². The predicted octanol–water partition coefficient (Wildman–Crippen LogP) is 5.06. The van der Waals surface area contributed by atoms with Crippen LogP contribution in [0.4, 0.5) is 15.8 Å². The summed E-state index contributed by atoms with van der Waals surface area (Å²) in [5.41, 5.74) is 2.20. The Morgan fingerprint density at radius 3 is 2.74 bits per heavy atom. The molecule has 1 fully saturated rings. The van der Waals surface area contributed by atoms with E-state index in [1.54, 1.807) is 29.2 Å². The van der Waals surface area contributed by atoms with Crippen molar-refractivity contribution >= 4 is 46.4 Å². The fraction of sp³-hybridized carbons (Fsp3) is 0.240. The number of halogens is 3. The summed E-state index contributed by atoms with van der Waals surface area (Å²) in [5, 5.41) is 6.86. The van der Waals surface area contributed by atoms with E-state index in [9.17, 15) is 14.0 Å². The molecule has 0 radical (unpaired) electrons.